The number of nitrogens with zero attached hydrogens (tertiary/aromatic N) is 8. The molecule has 0 saturated heterocycles. The molecule has 47 heavy (non-hydrogen) atoms. The van der Waals surface area contributed by atoms with Gasteiger partial charge in [0, 0.05) is 40.5 Å². The third-order valence-electron chi connectivity index (χ3n) is 8.20. The zero-order valence-corrected chi connectivity index (χ0v) is 24.9. The lowest BCUT2D eigenvalue weighted by Crippen LogP contribution is -2.01. The number of hydrogen-bond acceptors (Lipinski definition) is 7. The van der Waals surface area contributed by atoms with E-state index >= 15 is 0 Å². The molecule has 0 spiro atoms. The van der Waals surface area contributed by atoms with Crippen molar-refractivity contribution < 1.29 is 0 Å². The van der Waals surface area contributed by atoms with Gasteiger partial charge in [-0.1, -0.05) is 84.9 Å². The number of aromatic nitrogens is 8. The third kappa shape index (κ3) is 4.76. The minimum atomic E-state index is 0.496. The first-order valence-electron chi connectivity index (χ1n) is 15.2. The summed E-state index contributed by atoms with van der Waals surface area (Å²) in [5, 5.41) is 2.15. The molecule has 0 bridgehead atoms. The Balaban J connectivity index is 1.12. The van der Waals surface area contributed by atoms with Gasteiger partial charge in [-0.3, -0.25) is 14.4 Å². The average Bonchev–Trinajstić information content (AvgIpc) is 3.54. The molecule has 6 heterocycles. The van der Waals surface area contributed by atoms with E-state index in [9.17, 15) is 0 Å². The van der Waals surface area contributed by atoms with Crippen molar-refractivity contribution in [1.82, 2.24) is 39.3 Å². The molecule has 0 radical (unpaired) electrons. The van der Waals surface area contributed by atoms with Crippen LogP contribution in [0.5, 0.6) is 0 Å². The largest absolute Gasteiger partial charge is 0.284 e. The van der Waals surface area contributed by atoms with Crippen LogP contribution >= 0.6 is 0 Å². The highest BCUT2D eigenvalue weighted by Gasteiger charge is 2.16. The Morgan fingerprint density at radius 2 is 1.06 bits per heavy atom. The van der Waals surface area contributed by atoms with E-state index in [-0.39, 0.29) is 0 Å². The van der Waals surface area contributed by atoms with Crippen LogP contribution in [0.25, 0.3) is 84.4 Å². The fourth-order valence-electron chi connectivity index (χ4n) is 5.93. The highest BCUT2D eigenvalue weighted by molar-refractivity contribution is 6.09. The molecule has 0 atom stereocenters. The summed E-state index contributed by atoms with van der Waals surface area (Å²) in [5.41, 5.74) is 8.94. The van der Waals surface area contributed by atoms with Crippen LogP contribution in [0.4, 0.5) is 0 Å². The maximum atomic E-state index is 5.18. The van der Waals surface area contributed by atoms with Crippen LogP contribution in [0.15, 0.2) is 146 Å². The van der Waals surface area contributed by atoms with Gasteiger partial charge >= 0.3 is 0 Å². The van der Waals surface area contributed by atoms with Crippen molar-refractivity contribution in [1.29, 1.82) is 0 Å². The van der Waals surface area contributed by atoms with Gasteiger partial charge in [0.15, 0.2) is 23.1 Å². The third-order valence-corrected chi connectivity index (χ3v) is 8.20. The summed E-state index contributed by atoms with van der Waals surface area (Å²) >= 11 is 0. The van der Waals surface area contributed by atoms with Crippen molar-refractivity contribution in [3.63, 3.8) is 0 Å². The van der Waals surface area contributed by atoms with Gasteiger partial charge in [0.25, 0.3) is 0 Å². The summed E-state index contributed by atoms with van der Waals surface area (Å²) in [7, 11) is 0. The number of hydrogen-bond donors (Lipinski definition) is 0. The van der Waals surface area contributed by atoms with Crippen LogP contribution in [-0.2, 0) is 0 Å². The molecule has 3 aromatic carbocycles. The fourth-order valence-corrected chi connectivity index (χ4v) is 5.93. The summed E-state index contributed by atoms with van der Waals surface area (Å²) in [6.07, 6.45) is 5.48. The Morgan fingerprint density at radius 1 is 0.426 bits per heavy atom. The molecule has 0 aliphatic rings. The molecule has 0 aliphatic carbocycles. The second-order valence-electron chi connectivity index (χ2n) is 11.1. The van der Waals surface area contributed by atoms with Crippen LogP contribution in [0.3, 0.4) is 0 Å². The van der Waals surface area contributed by atoms with Crippen LogP contribution in [-0.4, -0.2) is 39.3 Å². The highest BCUT2D eigenvalue weighted by atomic mass is 15.1. The Labute approximate surface area is 269 Å². The summed E-state index contributed by atoms with van der Waals surface area (Å²) in [6.45, 7) is 0. The molecular formula is C39H24N8. The van der Waals surface area contributed by atoms with Gasteiger partial charge in [0.05, 0.1) is 5.69 Å². The van der Waals surface area contributed by atoms with Crippen molar-refractivity contribution in [2.45, 2.75) is 0 Å². The van der Waals surface area contributed by atoms with E-state index in [0.717, 1.165) is 55.5 Å². The topological polar surface area (TPSA) is 94.6 Å². The number of imidazole rings is 1. The van der Waals surface area contributed by atoms with Crippen molar-refractivity contribution in [3.05, 3.63) is 146 Å². The zero-order valence-electron chi connectivity index (χ0n) is 24.9. The maximum absolute atomic E-state index is 5.18. The average molecular weight is 605 g/mol. The van der Waals surface area contributed by atoms with E-state index < -0.39 is 0 Å². The molecule has 8 nitrogen and oxygen atoms in total. The monoisotopic (exact) mass is 604 g/mol. The first-order chi connectivity index (χ1) is 23.3. The van der Waals surface area contributed by atoms with E-state index in [1.807, 2.05) is 77.3 Å². The first kappa shape index (κ1) is 26.7. The van der Waals surface area contributed by atoms with Crippen molar-refractivity contribution in [3.8, 4) is 56.8 Å². The van der Waals surface area contributed by atoms with E-state index in [4.69, 9.17) is 24.9 Å². The van der Waals surface area contributed by atoms with Crippen LogP contribution in [0, 0.1) is 0 Å². The van der Waals surface area contributed by atoms with Crippen LogP contribution in [0.2, 0.25) is 0 Å². The Morgan fingerprint density at radius 3 is 1.79 bits per heavy atom. The molecule has 0 fully saturated rings. The normalized spacial score (nSPS) is 11.4. The van der Waals surface area contributed by atoms with Crippen LogP contribution < -0.4 is 0 Å². The molecule has 8 heteroatoms. The van der Waals surface area contributed by atoms with Crippen LogP contribution in [0.1, 0.15) is 0 Å². The summed E-state index contributed by atoms with van der Waals surface area (Å²) < 4.78 is 2.05. The highest BCUT2D eigenvalue weighted by Crippen LogP contribution is 2.35. The Hall–Kier alpha value is -6.67. The van der Waals surface area contributed by atoms with Gasteiger partial charge in [0.2, 0.25) is 0 Å². The van der Waals surface area contributed by atoms with Gasteiger partial charge in [-0.25, -0.2) is 24.9 Å². The molecule has 9 aromatic rings. The molecule has 0 aliphatic heterocycles. The minimum Gasteiger partial charge on any atom is -0.284 e. The summed E-state index contributed by atoms with van der Waals surface area (Å²) in [5.74, 6) is 1.55. The standard InChI is InChI=1S/C39H24N8/c1-2-13-30-29(12-1)34(43-39-35(30)42-33-16-5-8-23-47(33)39)28-11-9-10-27(24-28)25-17-19-26(20-18-25)36-44-37(31-14-3-6-21-40-31)46-38(45-36)32-15-4-7-22-41-32/h1-24H. The number of rotatable bonds is 5. The summed E-state index contributed by atoms with van der Waals surface area (Å²) in [6, 6.07) is 42.5. The molecule has 220 valence electrons. The van der Waals surface area contributed by atoms with Crippen molar-refractivity contribution in [2.24, 2.45) is 0 Å². The predicted molar refractivity (Wildman–Crippen MR) is 184 cm³/mol. The number of benzene rings is 3. The Kier molecular flexibility index (Phi) is 6.28. The lowest BCUT2D eigenvalue weighted by molar-refractivity contribution is 1.05. The van der Waals surface area contributed by atoms with Gasteiger partial charge < -0.3 is 0 Å². The molecule has 0 saturated carbocycles. The van der Waals surface area contributed by atoms with Gasteiger partial charge in [0.1, 0.15) is 22.6 Å². The van der Waals surface area contributed by atoms with Gasteiger partial charge in [-0.15, -0.1) is 0 Å². The van der Waals surface area contributed by atoms with E-state index in [1.54, 1.807) is 12.4 Å². The zero-order chi connectivity index (χ0) is 31.2. The molecule has 0 amide bonds. The SMILES string of the molecule is c1ccc(-c2nc(-c3ccc(-c4cccc(-c5nc6c(nc7ccccn76)c6ccccc56)c4)cc3)nc(-c3ccccn3)n2)nc1. The molecular weight excluding hydrogens is 580 g/mol. The lowest BCUT2D eigenvalue weighted by atomic mass is 9.98. The second-order valence-corrected chi connectivity index (χ2v) is 11.1. The van der Waals surface area contributed by atoms with E-state index in [0.29, 0.717) is 28.9 Å². The van der Waals surface area contributed by atoms with Gasteiger partial charge in [-0.05, 0) is 53.6 Å². The number of fused-ring (bicyclic) bond motifs is 5. The lowest BCUT2D eigenvalue weighted by Gasteiger charge is -2.10. The minimum absolute atomic E-state index is 0.496. The smallest absolute Gasteiger partial charge is 0.182 e. The van der Waals surface area contributed by atoms with E-state index in [2.05, 4.69) is 70.6 Å². The van der Waals surface area contributed by atoms with Crippen molar-refractivity contribution >= 4 is 27.6 Å². The summed E-state index contributed by atoms with van der Waals surface area (Å²) in [4.78, 5) is 33.3. The molecule has 9 rings (SSSR count). The molecule has 0 N–H and O–H groups in total. The maximum Gasteiger partial charge on any atom is 0.182 e. The molecule has 6 aromatic heterocycles. The predicted octanol–water partition coefficient (Wildman–Crippen LogP) is 8.35. The molecule has 0 unspecified atom stereocenters. The number of pyridine rings is 4. The quantitative estimate of drug-likeness (QED) is 0.195. The Bertz CT molecular complexity index is 2500. The van der Waals surface area contributed by atoms with Crippen molar-refractivity contribution in [2.75, 3.05) is 0 Å². The van der Waals surface area contributed by atoms with Gasteiger partial charge in [-0.2, -0.15) is 0 Å². The fraction of sp³-hybridized carbons (Fsp3) is 0. The first-order valence-corrected chi connectivity index (χ1v) is 15.2. The van der Waals surface area contributed by atoms with E-state index in [1.165, 1.54) is 0 Å². The second kappa shape index (κ2) is 11.0.